The number of nitrogens with zero attached hydrogens (tertiary/aromatic N) is 4. The smallest absolute Gasteiger partial charge is 0.309 e. The number of aromatic nitrogens is 2. The van der Waals surface area contributed by atoms with Gasteiger partial charge >= 0.3 is 5.97 Å². The van der Waals surface area contributed by atoms with Crippen molar-refractivity contribution < 1.29 is 14.7 Å². The minimum absolute atomic E-state index is 0.0859. The summed E-state index contributed by atoms with van der Waals surface area (Å²) in [6, 6.07) is 17.4. The van der Waals surface area contributed by atoms with Gasteiger partial charge in [-0.1, -0.05) is 53.8 Å². The number of carboxylic acids is 1. The topological polar surface area (TPSA) is 86.6 Å². The first-order valence-electron chi connectivity index (χ1n) is 10.3. The number of hydrogen-bond acceptors (Lipinski definition) is 6. The first-order chi connectivity index (χ1) is 15.0. The second-order valence-electron chi connectivity index (χ2n) is 7.55. The molecule has 0 aliphatic carbocycles. The molecule has 0 bridgehead atoms. The SMILES string of the molecule is CCN(C(=O)c1ccccc1)c1nnc(-c2ccc(CCN3CC(C(=O)O)C3)cc2)s1. The van der Waals surface area contributed by atoms with Crippen LogP contribution in [0.1, 0.15) is 22.8 Å². The van der Waals surface area contributed by atoms with Gasteiger partial charge in [-0.25, -0.2) is 0 Å². The number of carbonyl (C=O) groups is 2. The lowest BCUT2D eigenvalue weighted by atomic mass is 9.99. The third-order valence-electron chi connectivity index (χ3n) is 5.45. The van der Waals surface area contributed by atoms with Crippen molar-refractivity contribution in [2.45, 2.75) is 13.3 Å². The molecular weight excluding hydrogens is 412 g/mol. The molecule has 3 aromatic rings. The van der Waals surface area contributed by atoms with Crippen LogP contribution in [0.4, 0.5) is 5.13 Å². The van der Waals surface area contributed by atoms with Gasteiger partial charge in [-0.3, -0.25) is 14.5 Å². The molecule has 1 aromatic heterocycles. The fraction of sp³-hybridized carbons (Fsp3) is 0.304. The zero-order chi connectivity index (χ0) is 21.8. The van der Waals surface area contributed by atoms with E-state index in [0.717, 1.165) is 23.5 Å². The Hall–Kier alpha value is -3.10. The molecule has 0 radical (unpaired) electrons. The predicted molar refractivity (Wildman–Crippen MR) is 120 cm³/mol. The standard InChI is InChI=1S/C23H24N4O3S/c1-2-27(21(28)18-6-4-3-5-7-18)23-25-24-20(31-23)17-10-8-16(9-11-17)12-13-26-14-19(15-26)22(29)30/h3-11,19H,2,12-15H2,1H3,(H,29,30). The van der Waals surface area contributed by atoms with Crippen molar-refractivity contribution in [2.24, 2.45) is 5.92 Å². The Labute approximate surface area is 185 Å². The van der Waals surface area contributed by atoms with E-state index in [2.05, 4.69) is 27.2 Å². The van der Waals surface area contributed by atoms with Crippen LogP contribution in [0.25, 0.3) is 10.6 Å². The van der Waals surface area contributed by atoms with Crippen LogP contribution in [0.3, 0.4) is 0 Å². The van der Waals surface area contributed by atoms with Gasteiger partial charge in [0.1, 0.15) is 5.01 Å². The van der Waals surface area contributed by atoms with E-state index in [1.807, 2.05) is 37.3 Å². The van der Waals surface area contributed by atoms with Gasteiger partial charge in [-0.2, -0.15) is 0 Å². The maximum atomic E-state index is 12.8. The molecule has 8 heteroatoms. The van der Waals surface area contributed by atoms with Crippen LogP contribution in [0, 0.1) is 5.92 Å². The number of hydrogen-bond donors (Lipinski definition) is 1. The van der Waals surface area contributed by atoms with E-state index >= 15 is 0 Å². The highest BCUT2D eigenvalue weighted by Gasteiger charge is 2.31. The summed E-state index contributed by atoms with van der Waals surface area (Å²) in [7, 11) is 0. The highest BCUT2D eigenvalue weighted by Crippen LogP contribution is 2.30. The van der Waals surface area contributed by atoms with Crippen molar-refractivity contribution in [3.05, 3.63) is 65.7 Å². The Morgan fingerprint density at radius 3 is 2.45 bits per heavy atom. The van der Waals surface area contributed by atoms with Gasteiger partial charge in [0.15, 0.2) is 0 Å². The number of carbonyl (C=O) groups excluding carboxylic acids is 1. The average molecular weight is 437 g/mol. The number of anilines is 1. The second kappa shape index (κ2) is 9.36. The molecule has 31 heavy (non-hydrogen) atoms. The van der Waals surface area contributed by atoms with E-state index < -0.39 is 5.97 Å². The Morgan fingerprint density at radius 1 is 1.10 bits per heavy atom. The summed E-state index contributed by atoms with van der Waals surface area (Å²) in [5, 5.41) is 18.9. The van der Waals surface area contributed by atoms with Crippen molar-refractivity contribution in [1.29, 1.82) is 0 Å². The van der Waals surface area contributed by atoms with Crippen LogP contribution < -0.4 is 4.90 Å². The third-order valence-corrected chi connectivity index (χ3v) is 6.45. The molecule has 1 fully saturated rings. The molecule has 1 amide bonds. The molecule has 1 aliphatic rings. The lowest BCUT2D eigenvalue weighted by Gasteiger charge is -2.36. The Balaban J connectivity index is 1.38. The number of amides is 1. The van der Waals surface area contributed by atoms with Crippen LogP contribution in [-0.4, -0.2) is 58.3 Å². The number of benzene rings is 2. The Kier molecular flexibility index (Phi) is 6.39. The van der Waals surface area contributed by atoms with Crippen LogP contribution in [0.2, 0.25) is 0 Å². The number of likely N-dealkylation sites (tertiary alicyclic amines) is 1. The van der Waals surface area contributed by atoms with E-state index in [0.29, 0.717) is 30.3 Å². The summed E-state index contributed by atoms with van der Waals surface area (Å²) < 4.78 is 0. The molecule has 0 atom stereocenters. The van der Waals surface area contributed by atoms with Gasteiger partial charge in [0.2, 0.25) is 5.13 Å². The summed E-state index contributed by atoms with van der Waals surface area (Å²) in [6.07, 6.45) is 0.878. The van der Waals surface area contributed by atoms with Gasteiger partial charge < -0.3 is 10.0 Å². The van der Waals surface area contributed by atoms with Crippen LogP contribution in [0.5, 0.6) is 0 Å². The molecule has 0 unspecified atom stereocenters. The highest BCUT2D eigenvalue weighted by atomic mass is 32.1. The zero-order valence-electron chi connectivity index (χ0n) is 17.3. The molecular formula is C23H24N4O3S. The maximum Gasteiger partial charge on any atom is 0.309 e. The first kappa shape index (κ1) is 21.1. The largest absolute Gasteiger partial charge is 0.481 e. The van der Waals surface area contributed by atoms with Gasteiger partial charge in [-0.05, 0) is 31.0 Å². The number of rotatable bonds is 8. The fourth-order valence-corrected chi connectivity index (χ4v) is 4.47. The van der Waals surface area contributed by atoms with Crippen LogP contribution >= 0.6 is 11.3 Å². The van der Waals surface area contributed by atoms with Gasteiger partial charge in [0.05, 0.1) is 5.92 Å². The quantitative estimate of drug-likeness (QED) is 0.582. The zero-order valence-corrected chi connectivity index (χ0v) is 18.1. The highest BCUT2D eigenvalue weighted by molar-refractivity contribution is 7.18. The fourth-order valence-electron chi connectivity index (χ4n) is 3.55. The molecule has 2 heterocycles. The normalized spacial score (nSPS) is 14.2. The molecule has 160 valence electrons. The minimum Gasteiger partial charge on any atom is -0.481 e. The van der Waals surface area contributed by atoms with E-state index in [1.54, 1.807) is 17.0 Å². The molecule has 0 spiro atoms. The lowest BCUT2D eigenvalue weighted by Crippen LogP contribution is -2.50. The maximum absolute atomic E-state index is 12.8. The van der Waals surface area contributed by atoms with Crippen molar-refractivity contribution in [2.75, 3.05) is 31.1 Å². The number of aliphatic carboxylic acids is 1. The van der Waals surface area contributed by atoms with Crippen molar-refractivity contribution in [3.8, 4) is 10.6 Å². The monoisotopic (exact) mass is 436 g/mol. The summed E-state index contributed by atoms with van der Waals surface area (Å²) in [5.74, 6) is -1.01. The predicted octanol–water partition coefficient (Wildman–Crippen LogP) is 3.43. The molecule has 7 nitrogen and oxygen atoms in total. The van der Waals surface area contributed by atoms with Crippen LogP contribution in [0.15, 0.2) is 54.6 Å². The summed E-state index contributed by atoms with van der Waals surface area (Å²) in [6.45, 7) is 4.57. The molecule has 4 rings (SSSR count). The van der Waals surface area contributed by atoms with E-state index in [9.17, 15) is 9.59 Å². The van der Waals surface area contributed by atoms with E-state index in [-0.39, 0.29) is 11.8 Å². The molecule has 0 saturated carbocycles. The second-order valence-corrected chi connectivity index (χ2v) is 8.50. The third kappa shape index (κ3) is 4.81. The van der Waals surface area contributed by atoms with E-state index in [4.69, 9.17) is 5.11 Å². The van der Waals surface area contributed by atoms with Gasteiger partial charge in [-0.15, -0.1) is 10.2 Å². The summed E-state index contributed by atoms with van der Waals surface area (Å²) >= 11 is 1.40. The Morgan fingerprint density at radius 2 is 1.81 bits per heavy atom. The van der Waals surface area contributed by atoms with Crippen molar-refractivity contribution in [1.82, 2.24) is 15.1 Å². The first-order valence-corrected chi connectivity index (χ1v) is 11.1. The molecule has 1 N–H and O–H groups in total. The average Bonchev–Trinajstić information content (AvgIpc) is 3.23. The van der Waals surface area contributed by atoms with Gasteiger partial charge in [0.25, 0.3) is 5.91 Å². The minimum atomic E-state index is -0.705. The van der Waals surface area contributed by atoms with Crippen LogP contribution in [-0.2, 0) is 11.2 Å². The molecule has 2 aromatic carbocycles. The molecule has 1 aliphatic heterocycles. The van der Waals surface area contributed by atoms with E-state index in [1.165, 1.54) is 16.9 Å². The molecule has 1 saturated heterocycles. The summed E-state index contributed by atoms with van der Waals surface area (Å²) in [4.78, 5) is 27.5. The van der Waals surface area contributed by atoms with Crippen molar-refractivity contribution in [3.63, 3.8) is 0 Å². The Bertz CT molecular complexity index is 1050. The lowest BCUT2D eigenvalue weighted by molar-refractivity contribution is -0.147. The number of carboxylic acid groups (broad SMARTS) is 1. The van der Waals surface area contributed by atoms with Gasteiger partial charge in [0, 0.05) is 37.3 Å². The van der Waals surface area contributed by atoms with Crippen molar-refractivity contribution >= 4 is 28.3 Å². The summed E-state index contributed by atoms with van der Waals surface area (Å²) in [5.41, 5.74) is 2.79.